The minimum absolute atomic E-state index is 0.0555. The molecular weight excluding hydrogens is 204 g/mol. The van der Waals surface area contributed by atoms with Crippen LogP contribution in [0.2, 0.25) is 0 Å². The second-order valence-corrected chi connectivity index (χ2v) is 3.69. The summed E-state index contributed by atoms with van der Waals surface area (Å²) in [5, 5.41) is 0. The van der Waals surface area contributed by atoms with E-state index in [9.17, 15) is 9.59 Å². The molecule has 0 fully saturated rings. The third-order valence-corrected chi connectivity index (χ3v) is 2.35. The fraction of sp³-hybridized carbons (Fsp3) is 0.667. The maximum absolute atomic E-state index is 11.5. The van der Waals surface area contributed by atoms with Crippen molar-refractivity contribution in [2.45, 2.75) is 39.5 Å². The first kappa shape index (κ1) is 14.7. The van der Waals surface area contributed by atoms with E-state index in [2.05, 4.69) is 0 Å². The number of allylic oxidation sites excluding steroid dienone is 1. The molecule has 0 radical (unpaired) electrons. The summed E-state index contributed by atoms with van der Waals surface area (Å²) in [6.07, 6.45) is 6.43. The average Bonchev–Trinajstić information content (AvgIpc) is 2.23. The van der Waals surface area contributed by atoms with Crippen LogP contribution in [0.1, 0.15) is 39.5 Å². The van der Waals surface area contributed by atoms with Crippen LogP contribution in [-0.4, -0.2) is 29.8 Å². The number of unbranched alkanes of at least 4 members (excludes halogenated alkanes) is 2. The van der Waals surface area contributed by atoms with E-state index in [1.54, 1.807) is 17.1 Å². The van der Waals surface area contributed by atoms with E-state index in [1.807, 2.05) is 13.8 Å². The number of nitrogens with two attached hydrogens (primary N) is 1. The average molecular weight is 226 g/mol. The molecule has 2 N–H and O–H groups in total. The summed E-state index contributed by atoms with van der Waals surface area (Å²) >= 11 is 0. The Labute approximate surface area is 97.5 Å². The minimum atomic E-state index is -0.252. The van der Waals surface area contributed by atoms with E-state index in [-0.39, 0.29) is 11.8 Å². The SMILES string of the molecule is C/C=C\C(=O)N(CC)CCCCCC(N)=O. The van der Waals surface area contributed by atoms with E-state index in [4.69, 9.17) is 5.73 Å². The standard InChI is InChI=1S/C12H22N2O2/c1-3-8-12(16)14(4-2)10-7-5-6-9-11(13)15/h3,8H,4-7,9-10H2,1-2H3,(H2,13,15)/b8-3-. The predicted octanol–water partition coefficient (Wildman–Crippen LogP) is 1.46. The van der Waals surface area contributed by atoms with E-state index in [0.29, 0.717) is 6.42 Å². The zero-order valence-electron chi connectivity index (χ0n) is 10.2. The number of primary amides is 1. The van der Waals surface area contributed by atoms with Gasteiger partial charge in [0.05, 0.1) is 0 Å². The smallest absolute Gasteiger partial charge is 0.246 e. The van der Waals surface area contributed by atoms with Crippen LogP contribution in [-0.2, 0) is 9.59 Å². The van der Waals surface area contributed by atoms with Gasteiger partial charge >= 0.3 is 0 Å². The number of carbonyl (C=O) groups is 2. The Kier molecular flexibility index (Phi) is 8.21. The van der Waals surface area contributed by atoms with Crippen molar-refractivity contribution in [2.24, 2.45) is 5.73 Å². The van der Waals surface area contributed by atoms with E-state index < -0.39 is 0 Å². The normalized spacial score (nSPS) is 10.6. The number of nitrogens with zero attached hydrogens (tertiary/aromatic N) is 1. The maximum atomic E-state index is 11.5. The highest BCUT2D eigenvalue weighted by atomic mass is 16.2. The van der Waals surface area contributed by atoms with Crippen molar-refractivity contribution >= 4 is 11.8 Å². The fourth-order valence-corrected chi connectivity index (χ4v) is 1.45. The molecule has 0 saturated carbocycles. The molecule has 0 atom stereocenters. The van der Waals surface area contributed by atoms with Crippen LogP contribution >= 0.6 is 0 Å². The molecule has 4 heteroatoms. The lowest BCUT2D eigenvalue weighted by molar-refractivity contribution is -0.126. The second kappa shape index (κ2) is 8.95. The summed E-state index contributed by atoms with van der Waals surface area (Å²) in [7, 11) is 0. The van der Waals surface area contributed by atoms with Crippen LogP contribution in [0, 0.1) is 0 Å². The third-order valence-electron chi connectivity index (χ3n) is 2.35. The number of carbonyl (C=O) groups excluding carboxylic acids is 2. The van der Waals surface area contributed by atoms with Gasteiger partial charge in [-0.3, -0.25) is 9.59 Å². The van der Waals surface area contributed by atoms with E-state index in [1.165, 1.54) is 0 Å². The van der Waals surface area contributed by atoms with Gasteiger partial charge in [-0.05, 0) is 32.8 Å². The number of hydrogen-bond acceptors (Lipinski definition) is 2. The maximum Gasteiger partial charge on any atom is 0.246 e. The van der Waals surface area contributed by atoms with Gasteiger partial charge in [0.1, 0.15) is 0 Å². The minimum Gasteiger partial charge on any atom is -0.370 e. The zero-order chi connectivity index (χ0) is 12.4. The van der Waals surface area contributed by atoms with Crippen molar-refractivity contribution in [1.82, 2.24) is 4.90 Å². The van der Waals surface area contributed by atoms with Gasteiger partial charge in [-0.25, -0.2) is 0 Å². The number of amides is 2. The molecule has 0 rings (SSSR count). The highest BCUT2D eigenvalue weighted by Gasteiger charge is 2.06. The quantitative estimate of drug-likeness (QED) is 0.503. The Morgan fingerprint density at radius 3 is 2.44 bits per heavy atom. The van der Waals surface area contributed by atoms with Crippen molar-refractivity contribution in [1.29, 1.82) is 0 Å². The lowest BCUT2D eigenvalue weighted by Gasteiger charge is -2.18. The summed E-state index contributed by atoms with van der Waals surface area (Å²) in [6, 6.07) is 0. The molecule has 0 bridgehead atoms. The van der Waals surface area contributed by atoms with Gasteiger partial charge in [0.25, 0.3) is 0 Å². The summed E-state index contributed by atoms with van der Waals surface area (Å²) in [4.78, 5) is 23.8. The van der Waals surface area contributed by atoms with Crippen LogP contribution < -0.4 is 5.73 Å². The van der Waals surface area contributed by atoms with Crippen molar-refractivity contribution in [3.63, 3.8) is 0 Å². The van der Waals surface area contributed by atoms with Crippen molar-refractivity contribution in [3.8, 4) is 0 Å². The van der Waals surface area contributed by atoms with Crippen LogP contribution in [0.4, 0.5) is 0 Å². The number of likely N-dealkylation sites (N-methyl/N-ethyl adjacent to an activating group) is 1. The zero-order valence-corrected chi connectivity index (χ0v) is 10.2. The first-order valence-electron chi connectivity index (χ1n) is 5.81. The topological polar surface area (TPSA) is 63.4 Å². The van der Waals surface area contributed by atoms with Gasteiger partial charge in [-0.1, -0.05) is 12.5 Å². The number of hydrogen-bond donors (Lipinski definition) is 1. The predicted molar refractivity (Wildman–Crippen MR) is 64.7 cm³/mol. The van der Waals surface area contributed by atoms with Crippen LogP contribution in [0.15, 0.2) is 12.2 Å². The molecule has 0 aromatic heterocycles. The van der Waals surface area contributed by atoms with Crippen LogP contribution in [0.5, 0.6) is 0 Å². The lowest BCUT2D eigenvalue weighted by atomic mass is 10.2. The summed E-state index contributed by atoms with van der Waals surface area (Å²) in [6.45, 7) is 5.26. The monoisotopic (exact) mass is 226 g/mol. The van der Waals surface area contributed by atoms with Crippen molar-refractivity contribution in [2.75, 3.05) is 13.1 Å². The Morgan fingerprint density at radius 1 is 1.25 bits per heavy atom. The largest absolute Gasteiger partial charge is 0.370 e. The number of rotatable bonds is 8. The van der Waals surface area contributed by atoms with Gasteiger partial charge < -0.3 is 10.6 Å². The van der Waals surface area contributed by atoms with Gasteiger partial charge in [0.15, 0.2) is 0 Å². The Morgan fingerprint density at radius 2 is 1.94 bits per heavy atom. The molecule has 0 unspecified atom stereocenters. The summed E-state index contributed by atoms with van der Waals surface area (Å²) in [5.41, 5.74) is 5.04. The molecule has 0 aromatic carbocycles. The summed E-state index contributed by atoms with van der Waals surface area (Å²) < 4.78 is 0. The molecule has 0 aliphatic rings. The molecular formula is C12H22N2O2. The molecule has 92 valence electrons. The van der Waals surface area contributed by atoms with E-state index in [0.717, 1.165) is 32.4 Å². The van der Waals surface area contributed by atoms with Gasteiger partial charge in [-0.2, -0.15) is 0 Å². The molecule has 0 aromatic rings. The molecule has 0 aliphatic heterocycles. The second-order valence-electron chi connectivity index (χ2n) is 3.69. The van der Waals surface area contributed by atoms with Crippen molar-refractivity contribution < 1.29 is 9.59 Å². The van der Waals surface area contributed by atoms with Crippen LogP contribution in [0.3, 0.4) is 0 Å². The van der Waals surface area contributed by atoms with E-state index >= 15 is 0 Å². The molecule has 0 heterocycles. The molecule has 16 heavy (non-hydrogen) atoms. The molecule has 2 amide bonds. The highest BCUT2D eigenvalue weighted by Crippen LogP contribution is 2.02. The Balaban J connectivity index is 3.71. The first-order valence-corrected chi connectivity index (χ1v) is 5.81. The van der Waals surface area contributed by atoms with Crippen molar-refractivity contribution in [3.05, 3.63) is 12.2 Å². The van der Waals surface area contributed by atoms with Gasteiger partial charge in [0.2, 0.25) is 11.8 Å². The molecule has 4 nitrogen and oxygen atoms in total. The fourth-order valence-electron chi connectivity index (χ4n) is 1.45. The first-order chi connectivity index (χ1) is 7.61. The molecule has 0 aliphatic carbocycles. The molecule has 0 spiro atoms. The van der Waals surface area contributed by atoms with Crippen LogP contribution in [0.25, 0.3) is 0 Å². The highest BCUT2D eigenvalue weighted by molar-refractivity contribution is 5.87. The molecule has 0 saturated heterocycles. The summed E-state index contributed by atoms with van der Waals surface area (Å²) in [5.74, 6) is -0.197. The Bertz CT molecular complexity index is 249. The third kappa shape index (κ3) is 7.04. The van der Waals surface area contributed by atoms with Gasteiger partial charge in [-0.15, -0.1) is 0 Å². The van der Waals surface area contributed by atoms with Gasteiger partial charge in [0, 0.05) is 19.5 Å². The Hall–Kier alpha value is -1.32. The lowest BCUT2D eigenvalue weighted by Crippen LogP contribution is -2.30.